The molecule has 8 nitrogen and oxygen atoms in total. The molecular weight excluding hydrogens is 428 g/mol. The number of esters is 1. The number of benzene rings is 1. The number of halogens is 1. The van der Waals surface area contributed by atoms with Crippen molar-refractivity contribution in [3.05, 3.63) is 45.6 Å². The fourth-order valence-electron chi connectivity index (χ4n) is 2.11. The second kappa shape index (κ2) is 9.28. The van der Waals surface area contributed by atoms with E-state index in [1.165, 1.54) is 31.2 Å². The number of rotatable bonds is 8. The van der Waals surface area contributed by atoms with E-state index in [4.69, 9.17) is 21.5 Å². The molecule has 11 heteroatoms. The number of primary sulfonamides is 1. The van der Waals surface area contributed by atoms with Crippen LogP contribution in [-0.4, -0.2) is 32.2 Å². The highest BCUT2D eigenvalue weighted by molar-refractivity contribution is 7.89. The first-order chi connectivity index (χ1) is 13.1. The largest absolute Gasteiger partial charge is 0.453 e. The van der Waals surface area contributed by atoms with Crippen LogP contribution in [-0.2, 0) is 24.3 Å². The van der Waals surface area contributed by atoms with Gasteiger partial charge in [-0.1, -0.05) is 17.7 Å². The van der Waals surface area contributed by atoms with Gasteiger partial charge in [-0.3, -0.25) is 14.4 Å². The van der Waals surface area contributed by atoms with Gasteiger partial charge in [-0.05, 0) is 37.3 Å². The molecule has 0 aliphatic heterocycles. The van der Waals surface area contributed by atoms with Crippen molar-refractivity contribution in [1.82, 2.24) is 0 Å². The van der Waals surface area contributed by atoms with Crippen LogP contribution < -0.4 is 10.5 Å². The second-order valence-electron chi connectivity index (χ2n) is 5.72. The highest BCUT2D eigenvalue weighted by atomic mass is 35.5. The molecule has 0 bridgehead atoms. The molecule has 0 aliphatic rings. The lowest BCUT2D eigenvalue weighted by Gasteiger charge is -2.13. The third-order valence-electron chi connectivity index (χ3n) is 3.51. The molecule has 150 valence electrons. The standard InChI is InChI=1S/C17H17ClN2O6S2/c1-10(17(23)20-11-3-2-4-12(9-11)28(19,24)25)26-16(22)8-5-13(21)14-6-7-15(18)27-14/h2-4,6-7,9-10H,5,8H2,1H3,(H,20,23)(H2,19,24,25)/t10-/m1/s1. The Balaban J connectivity index is 1.86. The van der Waals surface area contributed by atoms with E-state index < -0.39 is 28.0 Å². The summed E-state index contributed by atoms with van der Waals surface area (Å²) in [7, 11) is -3.91. The monoisotopic (exact) mass is 444 g/mol. The van der Waals surface area contributed by atoms with E-state index in [0.29, 0.717) is 9.21 Å². The van der Waals surface area contributed by atoms with Crippen molar-refractivity contribution >= 4 is 56.3 Å². The van der Waals surface area contributed by atoms with E-state index in [9.17, 15) is 22.8 Å². The zero-order chi connectivity index (χ0) is 20.9. The molecule has 1 atom stereocenters. The quantitative estimate of drug-likeness (QED) is 0.475. The number of sulfonamides is 1. The molecule has 1 aromatic heterocycles. The van der Waals surface area contributed by atoms with Crippen LogP contribution in [0.4, 0.5) is 5.69 Å². The Morgan fingerprint density at radius 2 is 1.93 bits per heavy atom. The summed E-state index contributed by atoms with van der Waals surface area (Å²) < 4.78 is 28.2. The minimum Gasteiger partial charge on any atom is -0.453 e. The second-order valence-corrected chi connectivity index (χ2v) is 9.00. The average molecular weight is 445 g/mol. The van der Waals surface area contributed by atoms with Crippen LogP contribution in [0.3, 0.4) is 0 Å². The van der Waals surface area contributed by atoms with E-state index in [1.807, 2.05) is 0 Å². The Bertz CT molecular complexity index is 1000. The number of ether oxygens (including phenoxy) is 1. The van der Waals surface area contributed by atoms with Crippen LogP contribution in [0.5, 0.6) is 0 Å². The van der Waals surface area contributed by atoms with Gasteiger partial charge in [0.05, 0.1) is 20.5 Å². The Labute approximate surface area is 170 Å². The number of amides is 1. The number of nitrogens with one attached hydrogen (secondary N) is 1. The fraction of sp³-hybridized carbons (Fsp3) is 0.235. The van der Waals surface area contributed by atoms with Gasteiger partial charge in [-0.15, -0.1) is 11.3 Å². The zero-order valence-corrected chi connectivity index (χ0v) is 17.1. The topological polar surface area (TPSA) is 133 Å². The first-order valence-corrected chi connectivity index (χ1v) is 10.7. The van der Waals surface area contributed by atoms with Crippen molar-refractivity contribution in [3.8, 4) is 0 Å². The van der Waals surface area contributed by atoms with Crippen LogP contribution in [0.2, 0.25) is 4.34 Å². The SMILES string of the molecule is C[C@@H](OC(=O)CCC(=O)c1ccc(Cl)s1)C(=O)Nc1cccc(S(N)(=O)=O)c1. The maximum absolute atomic E-state index is 12.1. The summed E-state index contributed by atoms with van der Waals surface area (Å²) in [5.74, 6) is -1.61. The lowest BCUT2D eigenvalue weighted by Crippen LogP contribution is -2.30. The Morgan fingerprint density at radius 1 is 1.21 bits per heavy atom. The number of carbonyl (C=O) groups is 3. The molecule has 0 spiro atoms. The summed E-state index contributed by atoms with van der Waals surface area (Å²) in [6.07, 6.45) is -1.40. The molecule has 2 rings (SSSR count). The van der Waals surface area contributed by atoms with Gasteiger partial charge in [0.1, 0.15) is 0 Å². The van der Waals surface area contributed by atoms with Gasteiger partial charge >= 0.3 is 5.97 Å². The predicted molar refractivity (Wildman–Crippen MR) is 105 cm³/mol. The molecule has 28 heavy (non-hydrogen) atoms. The van der Waals surface area contributed by atoms with Crippen molar-refractivity contribution in [2.75, 3.05) is 5.32 Å². The number of anilines is 1. The van der Waals surface area contributed by atoms with Crippen LogP contribution in [0.25, 0.3) is 0 Å². The first-order valence-electron chi connectivity index (χ1n) is 7.98. The number of hydrogen-bond donors (Lipinski definition) is 2. The first kappa shape index (κ1) is 22.0. The van der Waals surface area contributed by atoms with Crippen molar-refractivity contribution in [2.24, 2.45) is 5.14 Å². The van der Waals surface area contributed by atoms with Crippen LogP contribution in [0, 0.1) is 0 Å². The minimum absolute atomic E-state index is 0.0690. The lowest BCUT2D eigenvalue weighted by atomic mass is 10.2. The molecule has 0 aliphatic carbocycles. The number of Topliss-reactive ketones (excluding diaryl/α,β-unsaturated/α-hetero) is 1. The Morgan fingerprint density at radius 3 is 2.54 bits per heavy atom. The van der Waals surface area contributed by atoms with Crippen molar-refractivity contribution < 1.29 is 27.5 Å². The molecule has 3 N–H and O–H groups in total. The summed E-state index contributed by atoms with van der Waals surface area (Å²) in [5, 5.41) is 7.48. The molecule has 0 fully saturated rings. The summed E-state index contributed by atoms with van der Waals surface area (Å²) in [5.41, 5.74) is 0.184. The van der Waals surface area contributed by atoms with E-state index in [-0.39, 0.29) is 29.2 Å². The zero-order valence-electron chi connectivity index (χ0n) is 14.7. The smallest absolute Gasteiger partial charge is 0.307 e. The summed E-state index contributed by atoms with van der Waals surface area (Å²) in [4.78, 5) is 36.2. The predicted octanol–water partition coefficient (Wildman–Crippen LogP) is 2.58. The van der Waals surface area contributed by atoms with Gasteiger partial charge in [0.25, 0.3) is 5.91 Å². The van der Waals surface area contributed by atoms with Gasteiger partial charge in [-0.25, -0.2) is 13.6 Å². The lowest BCUT2D eigenvalue weighted by molar-refractivity contribution is -0.153. The Hall–Kier alpha value is -2.27. The van der Waals surface area contributed by atoms with E-state index in [1.54, 1.807) is 12.1 Å². The molecular formula is C17H17ClN2O6S2. The molecule has 0 unspecified atom stereocenters. The highest BCUT2D eigenvalue weighted by Crippen LogP contribution is 2.23. The summed E-state index contributed by atoms with van der Waals surface area (Å²) in [6, 6.07) is 8.51. The van der Waals surface area contributed by atoms with Gasteiger partial charge in [0.2, 0.25) is 10.0 Å². The molecule has 0 saturated carbocycles. The van der Waals surface area contributed by atoms with Crippen molar-refractivity contribution in [1.29, 1.82) is 0 Å². The van der Waals surface area contributed by atoms with E-state index in [2.05, 4.69) is 5.32 Å². The maximum atomic E-state index is 12.1. The van der Waals surface area contributed by atoms with Crippen molar-refractivity contribution in [2.45, 2.75) is 30.8 Å². The third-order valence-corrected chi connectivity index (χ3v) is 5.69. The summed E-state index contributed by atoms with van der Waals surface area (Å²) in [6.45, 7) is 1.36. The van der Waals surface area contributed by atoms with Crippen LogP contribution in [0.1, 0.15) is 29.4 Å². The number of thiophene rings is 1. The minimum atomic E-state index is -3.91. The van der Waals surface area contributed by atoms with Crippen LogP contribution in [0.15, 0.2) is 41.3 Å². The van der Waals surface area contributed by atoms with E-state index in [0.717, 1.165) is 11.3 Å². The average Bonchev–Trinajstić information content (AvgIpc) is 3.05. The molecule has 1 aromatic carbocycles. The molecule has 1 amide bonds. The van der Waals surface area contributed by atoms with Crippen molar-refractivity contribution in [3.63, 3.8) is 0 Å². The van der Waals surface area contributed by atoms with Gasteiger partial charge in [0.15, 0.2) is 11.9 Å². The maximum Gasteiger partial charge on any atom is 0.307 e. The number of ketones is 1. The molecule has 0 saturated heterocycles. The molecule has 1 heterocycles. The third kappa shape index (κ3) is 6.41. The Kier molecular flexibility index (Phi) is 7.30. The normalized spacial score (nSPS) is 12.2. The van der Waals surface area contributed by atoms with Gasteiger partial charge in [0, 0.05) is 12.1 Å². The summed E-state index contributed by atoms with van der Waals surface area (Å²) >= 11 is 6.88. The fourth-order valence-corrected chi connectivity index (χ4v) is 3.68. The number of nitrogens with two attached hydrogens (primary N) is 1. The van der Waals surface area contributed by atoms with Crippen LogP contribution >= 0.6 is 22.9 Å². The molecule has 0 radical (unpaired) electrons. The van der Waals surface area contributed by atoms with Gasteiger partial charge < -0.3 is 10.1 Å². The highest BCUT2D eigenvalue weighted by Gasteiger charge is 2.20. The number of carbonyl (C=O) groups excluding carboxylic acids is 3. The van der Waals surface area contributed by atoms with E-state index >= 15 is 0 Å². The number of hydrogen-bond acceptors (Lipinski definition) is 7. The molecule has 2 aromatic rings. The van der Waals surface area contributed by atoms with Gasteiger partial charge in [-0.2, -0.15) is 0 Å².